The van der Waals surface area contributed by atoms with Crippen LogP contribution in [0, 0.1) is 10.8 Å². The second-order valence-electron chi connectivity index (χ2n) is 9.98. The van der Waals surface area contributed by atoms with Crippen LogP contribution in [0.15, 0.2) is 36.4 Å². The zero-order chi connectivity index (χ0) is 24.8. The Bertz CT molecular complexity index is 935. The van der Waals surface area contributed by atoms with E-state index in [0.717, 1.165) is 0 Å². The van der Waals surface area contributed by atoms with Crippen molar-refractivity contribution in [3.8, 4) is 0 Å². The van der Waals surface area contributed by atoms with Crippen molar-refractivity contribution in [2.24, 2.45) is 10.8 Å². The Morgan fingerprint density at radius 1 is 0.788 bits per heavy atom. The Morgan fingerprint density at radius 3 is 1.52 bits per heavy atom. The van der Waals surface area contributed by atoms with Crippen LogP contribution in [0.3, 0.4) is 0 Å². The van der Waals surface area contributed by atoms with Crippen LogP contribution < -0.4 is 10.6 Å². The van der Waals surface area contributed by atoms with Gasteiger partial charge in [-0.25, -0.2) is 9.97 Å². The van der Waals surface area contributed by atoms with E-state index in [1.807, 2.05) is 41.5 Å². The number of pyridine rings is 2. The Morgan fingerprint density at radius 2 is 1.18 bits per heavy atom. The molecule has 178 valence electrons. The van der Waals surface area contributed by atoms with Crippen LogP contribution in [0.5, 0.6) is 0 Å². The van der Waals surface area contributed by atoms with Gasteiger partial charge in [-0.1, -0.05) is 53.7 Å². The second-order valence-corrected chi connectivity index (χ2v) is 9.98. The highest BCUT2D eigenvalue weighted by Crippen LogP contribution is 2.18. The number of hydrogen-bond donors (Lipinski definition) is 3. The topological polar surface area (TPSA) is 125 Å². The fraction of sp³-hybridized carbons (Fsp3) is 0.458. The van der Waals surface area contributed by atoms with Gasteiger partial charge in [-0.2, -0.15) is 0 Å². The predicted molar refractivity (Wildman–Crippen MR) is 126 cm³/mol. The minimum Gasteiger partial charge on any atom is -0.480 e. The lowest BCUT2D eigenvalue weighted by atomic mass is 9.96. The molecule has 0 saturated heterocycles. The zero-order valence-corrected chi connectivity index (χ0v) is 20.1. The molecule has 0 aliphatic rings. The van der Waals surface area contributed by atoms with Crippen LogP contribution in [0.4, 0.5) is 11.6 Å². The molecule has 0 radical (unpaired) electrons. The number of carboxylic acid groups (broad SMARTS) is 1. The Kier molecular flexibility index (Phi) is 8.27. The molecule has 0 spiro atoms. The molecule has 2 heterocycles. The number of carboxylic acids is 1. The van der Waals surface area contributed by atoms with Crippen LogP contribution in [0.1, 0.15) is 52.9 Å². The maximum atomic E-state index is 12.2. The van der Waals surface area contributed by atoms with Gasteiger partial charge < -0.3 is 15.7 Å². The van der Waals surface area contributed by atoms with Gasteiger partial charge in [0.15, 0.2) is 0 Å². The van der Waals surface area contributed by atoms with Gasteiger partial charge in [-0.15, -0.1) is 0 Å². The third kappa shape index (κ3) is 8.61. The number of nitrogens with one attached hydrogen (secondary N) is 2. The number of hydrogen-bond acceptors (Lipinski definition) is 6. The van der Waals surface area contributed by atoms with E-state index in [2.05, 4.69) is 20.6 Å². The molecular formula is C24H33N5O4. The molecule has 9 heteroatoms. The van der Waals surface area contributed by atoms with Crippen molar-refractivity contribution >= 4 is 29.4 Å². The zero-order valence-electron chi connectivity index (χ0n) is 20.1. The average Bonchev–Trinajstić information content (AvgIpc) is 2.66. The summed E-state index contributed by atoms with van der Waals surface area (Å²) in [5.41, 5.74) is 0.0958. The van der Waals surface area contributed by atoms with Crippen molar-refractivity contribution in [3.05, 3.63) is 47.8 Å². The van der Waals surface area contributed by atoms with Crippen molar-refractivity contribution in [1.82, 2.24) is 14.9 Å². The van der Waals surface area contributed by atoms with Crippen molar-refractivity contribution in [2.45, 2.75) is 54.6 Å². The van der Waals surface area contributed by atoms with Crippen molar-refractivity contribution in [3.63, 3.8) is 0 Å². The highest BCUT2D eigenvalue weighted by atomic mass is 16.4. The maximum Gasteiger partial charge on any atom is 0.317 e. The van der Waals surface area contributed by atoms with Gasteiger partial charge in [0.25, 0.3) is 0 Å². The number of carbonyl (C=O) groups excluding carboxylic acids is 2. The first-order valence-corrected chi connectivity index (χ1v) is 10.7. The van der Waals surface area contributed by atoms with E-state index in [9.17, 15) is 19.5 Å². The van der Waals surface area contributed by atoms with E-state index in [1.54, 1.807) is 41.3 Å². The van der Waals surface area contributed by atoms with Gasteiger partial charge in [-0.3, -0.25) is 19.3 Å². The van der Waals surface area contributed by atoms with Gasteiger partial charge in [0.1, 0.15) is 11.6 Å². The molecule has 0 unspecified atom stereocenters. The summed E-state index contributed by atoms with van der Waals surface area (Å²) in [5, 5.41) is 14.9. The molecule has 33 heavy (non-hydrogen) atoms. The molecule has 0 aromatic carbocycles. The number of aromatic nitrogens is 2. The summed E-state index contributed by atoms with van der Waals surface area (Å²) in [6, 6.07) is 10.5. The summed E-state index contributed by atoms with van der Waals surface area (Å²) in [5.74, 6) is -0.481. The lowest BCUT2D eigenvalue weighted by Crippen LogP contribution is -2.31. The lowest BCUT2D eigenvalue weighted by molar-refractivity contribution is -0.138. The quantitative estimate of drug-likeness (QED) is 0.556. The van der Waals surface area contributed by atoms with E-state index in [0.29, 0.717) is 23.0 Å². The van der Waals surface area contributed by atoms with E-state index in [4.69, 9.17) is 0 Å². The minimum atomic E-state index is -0.982. The van der Waals surface area contributed by atoms with Crippen molar-refractivity contribution < 1.29 is 19.5 Å². The third-order valence-corrected chi connectivity index (χ3v) is 4.59. The second kappa shape index (κ2) is 10.5. The molecule has 2 aromatic rings. The fourth-order valence-electron chi connectivity index (χ4n) is 2.70. The number of anilines is 2. The van der Waals surface area contributed by atoms with Crippen molar-refractivity contribution in [2.75, 3.05) is 17.2 Å². The number of nitrogens with zero attached hydrogens (tertiary/aromatic N) is 3. The highest BCUT2D eigenvalue weighted by Gasteiger charge is 2.23. The summed E-state index contributed by atoms with van der Waals surface area (Å²) in [6.45, 7) is 11.1. The van der Waals surface area contributed by atoms with Crippen molar-refractivity contribution in [1.29, 1.82) is 0 Å². The molecule has 2 aromatic heterocycles. The normalized spacial score (nSPS) is 11.8. The van der Waals surface area contributed by atoms with Gasteiger partial charge in [0.2, 0.25) is 11.8 Å². The Hall–Kier alpha value is -3.33. The molecule has 2 rings (SSSR count). The molecule has 0 aliphatic carbocycles. The SMILES string of the molecule is CC(C)(C)C(=O)Nc1cccc(CN(CC(=O)O)Cc2cccc(NC(=O)C(C)(C)C)n2)n1. The average molecular weight is 456 g/mol. The van der Waals surface area contributed by atoms with Crippen LogP contribution in [0.2, 0.25) is 0 Å². The predicted octanol–water partition coefficient (Wildman–Crippen LogP) is 3.53. The molecular weight excluding hydrogens is 422 g/mol. The number of rotatable bonds is 8. The summed E-state index contributed by atoms with van der Waals surface area (Å²) < 4.78 is 0. The fourth-order valence-corrected chi connectivity index (χ4v) is 2.70. The van der Waals surface area contributed by atoms with Gasteiger partial charge in [-0.05, 0) is 24.3 Å². The summed E-state index contributed by atoms with van der Waals surface area (Å²) in [4.78, 5) is 46.5. The number of carbonyl (C=O) groups is 3. The molecule has 0 fully saturated rings. The number of aliphatic carboxylic acids is 1. The van der Waals surface area contributed by atoms with Gasteiger partial charge in [0, 0.05) is 23.9 Å². The summed E-state index contributed by atoms with van der Waals surface area (Å²) in [7, 11) is 0. The Labute approximate surface area is 194 Å². The van der Waals surface area contributed by atoms with Gasteiger partial charge >= 0.3 is 5.97 Å². The van der Waals surface area contributed by atoms with Crippen LogP contribution in [-0.4, -0.2) is 44.3 Å². The largest absolute Gasteiger partial charge is 0.480 e. The molecule has 0 atom stereocenters. The smallest absolute Gasteiger partial charge is 0.317 e. The standard InChI is InChI=1S/C24H33N5O4/c1-23(2,3)21(32)27-18-11-7-9-16(25-18)13-29(15-20(30)31)14-17-10-8-12-19(26-17)28-22(33)24(4,5)6/h7-12H,13-15H2,1-6H3,(H,30,31)(H,25,27,32)(H,26,28,33). The first-order chi connectivity index (χ1) is 15.2. The summed E-state index contributed by atoms with van der Waals surface area (Å²) in [6.07, 6.45) is 0. The van der Waals surface area contributed by atoms with Crippen LogP contribution in [0.25, 0.3) is 0 Å². The van der Waals surface area contributed by atoms with Crippen LogP contribution in [-0.2, 0) is 27.5 Å². The first kappa shape index (κ1) is 25.9. The molecule has 3 N–H and O–H groups in total. The highest BCUT2D eigenvalue weighted by molar-refractivity contribution is 5.94. The van der Waals surface area contributed by atoms with Crippen LogP contribution >= 0.6 is 0 Å². The molecule has 0 saturated carbocycles. The molecule has 2 amide bonds. The van der Waals surface area contributed by atoms with E-state index >= 15 is 0 Å². The van der Waals surface area contributed by atoms with E-state index < -0.39 is 16.8 Å². The van der Waals surface area contributed by atoms with E-state index in [1.165, 1.54) is 0 Å². The lowest BCUT2D eigenvalue weighted by Gasteiger charge is -2.21. The van der Waals surface area contributed by atoms with Gasteiger partial charge in [0.05, 0.1) is 17.9 Å². The monoisotopic (exact) mass is 455 g/mol. The molecule has 9 nitrogen and oxygen atoms in total. The molecule has 0 aliphatic heterocycles. The maximum absolute atomic E-state index is 12.2. The first-order valence-electron chi connectivity index (χ1n) is 10.7. The third-order valence-electron chi connectivity index (χ3n) is 4.59. The van der Waals surface area contributed by atoms with E-state index in [-0.39, 0.29) is 31.4 Å². The Balaban J connectivity index is 2.16. The summed E-state index contributed by atoms with van der Waals surface area (Å²) >= 11 is 0. The minimum absolute atomic E-state index is 0.159. The molecule has 0 bridgehead atoms. The number of amides is 2.